The molecule has 1 N–H and O–H groups in total. The SMILES string of the molecule is CCCn1ncc(Br)c1C(NC)c1ncc(Br)cc1Br. The number of aryl methyl sites for hydroxylation is 1. The van der Waals surface area contributed by atoms with Gasteiger partial charge in [0.1, 0.15) is 0 Å². The van der Waals surface area contributed by atoms with E-state index in [1.54, 1.807) is 6.20 Å². The van der Waals surface area contributed by atoms with Crippen LogP contribution in [0.4, 0.5) is 0 Å². The average molecular weight is 467 g/mol. The second-order valence-electron chi connectivity index (χ2n) is 4.34. The van der Waals surface area contributed by atoms with Crippen LogP contribution in [0.1, 0.15) is 30.8 Å². The van der Waals surface area contributed by atoms with E-state index in [4.69, 9.17) is 0 Å². The van der Waals surface area contributed by atoms with E-state index in [0.717, 1.165) is 37.8 Å². The van der Waals surface area contributed by atoms with Crippen LogP contribution in [0.3, 0.4) is 0 Å². The van der Waals surface area contributed by atoms with Crippen molar-refractivity contribution in [1.82, 2.24) is 20.1 Å². The van der Waals surface area contributed by atoms with Crippen LogP contribution in [0.25, 0.3) is 0 Å². The molecule has 2 aromatic rings. The maximum absolute atomic E-state index is 4.53. The normalized spacial score (nSPS) is 12.7. The summed E-state index contributed by atoms with van der Waals surface area (Å²) in [7, 11) is 1.93. The first kappa shape index (κ1) is 16.1. The van der Waals surface area contributed by atoms with Crippen LogP contribution in [0, 0.1) is 0 Å². The van der Waals surface area contributed by atoms with Gasteiger partial charge < -0.3 is 5.32 Å². The van der Waals surface area contributed by atoms with Crippen molar-refractivity contribution in [2.75, 3.05) is 7.05 Å². The van der Waals surface area contributed by atoms with Crippen molar-refractivity contribution in [2.45, 2.75) is 25.9 Å². The summed E-state index contributed by atoms with van der Waals surface area (Å²) in [5.74, 6) is 0. The average Bonchev–Trinajstić information content (AvgIpc) is 2.75. The van der Waals surface area contributed by atoms with Crippen molar-refractivity contribution in [1.29, 1.82) is 0 Å². The van der Waals surface area contributed by atoms with E-state index in [0.29, 0.717) is 0 Å². The summed E-state index contributed by atoms with van der Waals surface area (Å²) in [6.07, 6.45) is 4.67. The highest BCUT2D eigenvalue weighted by molar-refractivity contribution is 9.11. The maximum atomic E-state index is 4.53. The number of halogens is 3. The molecule has 4 nitrogen and oxygen atoms in total. The zero-order valence-electron chi connectivity index (χ0n) is 11.2. The topological polar surface area (TPSA) is 42.7 Å². The molecule has 7 heteroatoms. The Labute approximate surface area is 143 Å². The molecule has 0 amide bonds. The van der Waals surface area contributed by atoms with Gasteiger partial charge in [0.25, 0.3) is 0 Å². The summed E-state index contributed by atoms with van der Waals surface area (Å²) in [5.41, 5.74) is 2.03. The van der Waals surface area contributed by atoms with E-state index in [1.807, 2.05) is 24.0 Å². The summed E-state index contributed by atoms with van der Waals surface area (Å²) < 4.78 is 4.91. The maximum Gasteiger partial charge on any atom is 0.0942 e. The Kier molecular flexibility index (Phi) is 5.77. The lowest BCUT2D eigenvalue weighted by molar-refractivity contribution is 0.527. The van der Waals surface area contributed by atoms with Crippen molar-refractivity contribution in [3.05, 3.63) is 43.3 Å². The molecular formula is C13H15Br3N4. The molecule has 1 atom stereocenters. The van der Waals surface area contributed by atoms with Crippen molar-refractivity contribution in [3.63, 3.8) is 0 Å². The van der Waals surface area contributed by atoms with Gasteiger partial charge in [0.2, 0.25) is 0 Å². The van der Waals surface area contributed by atoms with Crippen LogP contribution < -0.4 is 5.32 Å². The number of pyridine rings is 1. The molecule has 2 aromatic heterocycles. The van der Waals surface area contributed by atoms with Crippen LogP contribution in [0.2, 0.25) is 0 Å². The van der Waals surface area contributed by atoms with Gasteiger partial charge in [-0.3, -0.25) is 9.67 Å². The van der Waals surface area contributed by atoms with Gasteiger partial charge in [0.15, 0.2) is 0 Å². The zero-order valence-corrected chi connectivity index (χ0v) is 16.0. The molecule has 0 radical (unpaired) electrons. The molecule has 2 heterocycles. The Hall–Kier alpha value is -0.240. The van der Waals surface area contributed by atoms with Crippen LogP contribution in [0.15, 0.2) is 31.9 Å². The summed E-state index contributed by atoms with van der Waals surface area (Å²) in [5, 5.41) is 7.75. The first-order chi connectivity index (χ1) is 9.58. The largest absolute Gasteiger partial charge is 0.307 e. The first-order valence-corrected chi connectivity index (χ1v) is 8.65. The third-order valence-electron chi connectivity index (χ3n) is 2.94. The highest BCUT2D eigenvalue weighted by atomic mass is 79.9. The lowest BCUT2D eigenvalue weighted by Crippen LogP contribution is -2.23. The molecule has 20 heavy (non-hydrogen) atoms. The molecule has 0 aromatic carbocycles. The molecule has 0 aliphatic rings. The van der Waals surface area contributed by atoms with Crippen molar-refractivity contribution in [2.24, 2.45) is 0 Å². The lowest BCUT2D eigenvalue weighted by atomic mass is 10.1. The number of rotatable bonds is 5. The van der Waals surface area contributed by atoms with E-state index in [1.165, 1.54) is 0 Å². The molecular weight excluding hydrogens is 452 g/mol. The second-order valence-corrected chi connectivity index (χ2v) is 6.97. The molecule has 0 aliphatic heterocycles. The van der Waals surface area contributed by atoms with Gasteiger partial charge in [-0.2, -0.15) is 5.10 Å². The van der Waals surface area contributed by atoms with Gasteiger partial charge in [0.05, 0.1) is 28.1 Å². The zero-order chi connectivity index (χ0) is 14.7. The number of hydrogen-bond acceptors (Lipinski definition) is 3. The Morgan fingerprint density at radius 1 is 1.25 bits per heavy atom. The lowest BCUT2D eigenvalue weighted by Gasteiger charge is -2.19. The highest BCUT2D eigenvalue weighted by Crippen LogP contribution is 2.32. The molecule has 108 valence electrons. The fraction of sp³-hybridized carbons (Fsp3) is 0.385. The molecule has 0 saturated carbocycles. The number of aromatic nitrogens is 3. The van der Waals surface area contributed by atoms with E-state index >= 15 is 0 Å². The minimum Gasteiger partial charge on any atom is -0.307 e. The van der Waals surface area contributed by atoms with Crippen molar-refractivity contribution >= 4 is 47.8 Å². The third-order valence-corrected chi connectivity index (χ3v) is 4.62. The van der Waals surface area contributed by atoms with Crippen LogP contribution in [-0.2, 0) is 6.54 Å². The fourth-order valence-electron chi connectivity index (χ4n) is 2.09. The van der Waals surface area contributed by atoms with E-state index in [9.17, 15) is 0 Å². The van der Waals surface area contributed by atoms with E-state index in [-0.39, 0.29) is 6.04 Å². The molecule has 0 fully saturated rings. The van der Waals surface area contributed by atoms with Gasteiger partial charge in [-0.15, -0.1) is 0 Å². The predicted octanol–water partition coefficient (Wildman–Crippen LogP) is 4.28. The van der Waals surface area contributed by atoms with Crippen LogP contribution >= 0.6 is 47.8 Å². The van der Waals surface area contributed by atoms with Crippen LogP contribution in [-0.4, -0.2) is 21.8 Å². The molecule has 0 saturated heterocycles. The predicted molar refractivity (Wildman–Crippen MR) is 90.8 cm³/mol. The van der Waals surface area contributed by atoms with Gasteiger partial charge in [0, 0.05) is 21.7 Å². The molecule has 1 unspecified atom stereocenters. The number of nitrogens with zero attached hydrogens (tertiary/aromatic N) is 3. The Morgan fingerprint density at radius 3 is 2.60 bits per heavy atom. The fourth-order valence-corrected chi connectivity index (χ4v) is 3.83. The van der Waals surface area contributed by atoms with Gasteiger partial charge in [-0.1, -0.05) is 6.92 Å². The Balaban J connectivity index is 2.49. The Bertz CT molecular complexity index is 597. The summed E-state index contributed by atoms with van der Waals surface area (Å²) >= 11 is 10.6. The quantitative estimate of drug-likeness (QED) is 0.715. The monoisotopic (exact) mass is 464 g/mol. The van der Waals surface area contributed by atoms with Gasteiger partial charge in [-0.05, 0) is 67.3 Å². The summed E-state index contributed by atoms with van der Waals surface area (Å²) in [4.78, 5) is 4.53. The van der Waals surface area contributed by atoms with Gasteiger partial charge >= 0.3 is 0 Å². The van der Waals surface area contributed by atoms with E-state index in [2.05, 4.69) is 70.1 Å². The molecule has 2 rings (SSSR count). The first-order valence-electron chi connectivity index (χ1n) is 6.27. The van der Waals surface area contributed by atoms with Crippen molar-refractivity contribution < 1.29 is 0 Å². The number of nitrogens with one attached hydrogen (secondary N) is 1. The highest BCUT2D eigenvalue weighted by Gasteiger charge is 2.23. The third kappa shape index (κ3) is 3.32. The van der Waals surface area contributed by atoms with E-state index < -0.39 is 0 Å². The standard InChI is InChI=1S/C13H15Br3N4/c1-3-4-20-13(10(16)7-19-20)12(17-2)11-9(15)5-8(14)6-18-11/h5-7,12,17H,3-4H2,1-2H3. The summed E-state index contributed by atoms with van der Waals surface area (Å²) in [6.45, 7) is 3.02. The molecule has 0 aliphatic carbocycles. The molecule has 0 spiro atoms. The minimum absolute atomic E-state index is 0.0269. The minimum atomic E-state index is -0.0269. The second kappa shape index (κ2) is 7.15. The molecule has 0 bridgehead atoms. The number of hydrogen-bond donors (Lipinski definition) is 1. The summed E-state index contributed by atoms with van der Waals surface area (Å²) in [6, 6.07) is 1.97. The van der Waals surface area contributed by atoms with Crippen LogP contribution in [0.5, 0.6) is 0 Å². The smallest absolute Gasteiger partial charge is 0.0942 e. The van der Waals surface area contributed by atoms with Gasteiger partial charge in [-0.25, -0.2) is 0 Å². The Morgan fingerprint density at radius 2 is 2.00 bits per heavy atom. The van der Waals surface area contributed by atoms with Crippen molar-refractivity contribution in [3.8, 4) is 0 Å².